The molecular formula is C24H30N6O2S. The number of hydrogen-bond donors (Lipinski definition) is 0. The van der Waals surface area contributed by atoms with Crippen molar-refractivity contribution in [3.63, 3.8) is 0 Å². The molecule has 8 nitrogen and oxygen atoms in total. The van der Waals surface area contributed by atoms with Crippen LogP contribution in [0.2, 0.25) is 0 Å². The first-order valence-electron chi connectivity index (χ1n) is 11.2. The fourth-order valence-corrected chi connectivity index (χ4v) is 5.30. The van der Waals surface area contributed by atoms with Crippen molar-refractivity contribution in [3.05, 3.63) is 63.9 Å². The van der Waals surface area contributed by atoms with E-state index in [0.29, 0.717) is 35.3 Å². The summed E-state index contributed by atoms with van der Waals surface area (Å²) in [7, 11) is 3.70. The van der Waals surface area contributed by atoms with E-state index in [0.717, 1.165) is 36.5 Å². The fraction of sp³-hybridized carbons (Fsp3) is 0.458. The number of aromatic nitrogens is 4. The molecule has 0 bridgehead atoms. The minimum absolute atomic E-state index is 0.00958. The summed E-state index contributed by atoms with van der Waals surface area (Å²) >= 11 is 1.16. The Bertz CT molecular complexity index is 1120. The predicted molar refractivity (Wildman–Crippen MR) is 127 cm³/mol. The molecule has 1 aliphatic heterocycles. The molecule has 3 heterocycles. The van der Waals surface area contributed by atoms with Crippen molar-refractivity contribution in [3.8, 4) is 0 Å². The molecule has 1 unspecified atom stereocenters. The Morgan fingerprint density at radius 3 is 2.45 bits per heavy atom. The van der Waals surface area contributed by atoms with Crippen molar-refractivity contribution in [2.24, 2.45) is 13.0 Å². The molecule has 1 saturated heterocycles. The van der Waals surface area contributed by atoms with Crippen LogP contribution in [-0.4, -0.2) is 67.2 Å². The number of carbonyl (C=O) groups is 2. The van der Waals surface area contributed by atoms with Gasteiger partial charge >= 0.3 is 0 Å². The quantitative estimate of drug-likeness (QED) is 0.557. The first kappa shape index (κ1) is 23.1. The topological polar surface area (TPSA) is 84.2 Å². The molecule has 3 aromatic rings. The third-order valence-corrected chi connectivity index (χ3v) is 7.36. The Balaban J connectivity index is 1.51. The average Bonchev–Trinajstić information content (AvgIpc) is 3.41. The van der Waals surface area contributed by atoms with E-state index in [2.05, 4.69) is 26.8 Å². The number of amides is 2. The lowest BCUT2D eigenvalue weighted by atomic mass is 9.84. The number of benzene rings is 1. The van der Waals surface area contributed by atoms with Crippen molar-refractivity contribution >= 4 is 23.3 Å². The third-order valence-electron chi connectivity index (χ3n) is 6.54. The zero-order chi connectivity index (χ0) is 23.5. The molecule has 4 rings (SSSR count). The highest BCUT2D eigenvalue weighted by Crippen LogP contribution is 2.28. The van der Waals surface area contributed by atoms with Gasteiger partial charge in [-0.25, -0.2) is 0 Å². The van der Waals surface area contributed by atoms with Gasteiger partial charge in [-0.15, -0.1) is 5.10 Å². The Labute approximate surface area is 198 Å². The number of rotatable bonds is 6. The molecule has 0 N–H and O–H groups in total. The highest BCUT2D eigenvalue weighted by Gasteiger charge is 2.34. The molecule has 0 saturated carbocycles. The van der Waals surface area contributed by atoms with Crippen molar-refractivity contribution in [1.29, 1.82) is 0 Å². The summed E-state index contributed by atoms with van der Waals surface area (Å²) in [6, 6.07) is 12.2. The van der Waals surface area contributed by atoms with Crippen LogP contribution in [0, 0.1) is 19.8 Å². The Hall–Kier alpha value is -3.07. The Morgan fingerprint density at radius 2 is 1.88 bits per heavy atom. The smallest absolute Gasteiger partial charge is 0.272 e. The summed E-state index contributed by atoms with van der Waals surface area (Å²) in [6.07, 6.45) is 2.46. The van der Waals surface area contributed by atoms with E-state index in [4.69, 9.17) is 0 Å². The SMILES string of the molecule is Cc1cc(C(=O)N(C)C(Cc2ccccc2)C2CCN(C(=O)c3snnc3C)CC2)n(C)n1. The maximum Gasteiger partial charge on any atom is 0.272 e. The molecule has 174 valence electrons. The molecule has 2 aromatic heterocycles. The predicted octanol–water partition coefficient (Wildman–Crippen LogP) is 3.12. The maximum absolute atomic E-state index is 13.4. The molecule has 0 aliphatic carbocycles. The largest absolute Gasteiger partial charge is 0.338 e. The van der Waals surface area contributed by atoms with E-state index in [1.165, 1.54) is 5.56 Å². The number of nitrogens with zero attached hydrogens (tertiary/aromatic N) is 6. The van der Waals surface area contributed by atoms with Crippen LogP contribution in [0.25, 0.3) is 0 Å². The number of likely N-dealkylation sites (tertiary alicyclic amines) is 1. The van der Waals surface area contributed by atoms with Gasteiger partial charge < -0.3 is 9.80 Å². The van der Waals surface area contributed by atoms with Crippen LogP contribution in [0.4, 0.5) is 0 Å². The normalized spacial score (nSPS) is 15.5. The van der Waals surface area contributed by atoms with Gasteiger partial charge in [0.2, 0.25) is 0 Å². The first-order valence-corrected chi connectivity index (χ1v) is 12.0. The van der Waals surface area contributed by atoms with Crippen molar-refractivity contribution in [1.82, 2.24) is 29.2 Å². The summed E-state index contributed by atoms with van der Waals surface area (Å²) in [6.45, 7) is 5.05. The van der Waals surface area contributed by atoms with Gasteiger partial charge in [-0.3, -0.25) is 14.3 Å². The van der Waals surface area contributed by atoms with Crippen LogP contribution in [0.3, 0.4) is 0 Å². The monoisotopic (exact) mass is 466 g/mol. The minimum atomic E-state index is -0.0242. The summed E-state index contributed by atoms with van der Waals surface area (Å²) in [4.78, 5) is 30.7. The molecule has 1 aliphatic rings. The third kappa shape index (κ3) is 4.98. The second-order valence-electron chi connectivity index (χ2n) is 8.78. The van der Waals surface area contributed by atoms with Gasteiger partial charge in [0.15, 0.2) is 0 Å². The van der Waals surface area contributed by atoms with Gasteiger partial charge in [-0.2, -0.15) is 5.10 Å². The van der Waals surface area contributed by atoms with E-state index in [1.54, 1.807) is 11.7 Å². The Morgan fingerprint density at radius 1 is 1.18 bits per heavy atom. The molecular weight excluding hydrogens is 436 g/mol. The molecule has 9 heteroatoms. The van der Waals surface area contributed by atoms with Gasteiger partial charge in [0, 0.05) is 33.2 Å². The number of piperidine rings is 1. The number of hydrogen-bond acceptors (Lipinski definition) is 6. The highest BCUT2D eigenvalue weighted by molar-refractivity contribution is 7.07. The summed E-state index contributed by atoms with van der Waals surface area (Å²) < 4.78 is 5.55. The molecule has 1 atom stereocenters. The zero-order valence-electron chi connectivity index (χ0n) is 19.6. The van der Waals surface area contributed by atoms with Crippen molar-refractivity contribution in [2.45, 2.75) is 39.2 Å². The van der Waals surface area contributed by atoms with Gasteiger partial charge in [-0.1, -0.05) is 34.8 Å². The van der Waals surface area contributed by atoms with Crippen LogP contribution in [0.5, 0.6) is 0 Å². The molecule has 1 fully saturated rings. The second kappa shape index (κ2) is 9.82. The Kier molecular flexibility index (Phi) is 6.88. The van der Waals surface area contributed by atoms with Crippen LogP contribution in [0.1, 0.15) is 50.0 Å². The lowest BCUT2D eigenvalue weighted by Crippen LogP contribution is -2.48. The minimum Gasteiger partial charge on any atom is -0.338 e. The number of likely N-dealkylation sites (N-methyl/N-ethyl adjacent to an activating group) is 1. The van der Waals surface area contributed by atoms with E-state index in [1.807, 2.05) is 55.0 Å². The van der Waals surface area contributed by atoms with Gasteiger partial charge in [0.25, 0.3) is 11.8 Å². The molecule has 2 amide bonds. The standard InChI is InChI=1S/C24H30N6O2S/c1-16-14-21(29(4)26-16)23(31)28(3)20(15-18-8-6-5-7-9-18)19-10-12-30(13-11-19)24(32)22-17(2)25-27-33-22/h5-9,14,19-20H,10-13,15H2,1-4H3. The maximum atomic E-state index is 13.4. The second-order valence-corrected chi connectivity index (χ2v) is 9.54. The molecule has 0 spiro atoms. The van der Waals surface area contributed by atoms with Crippen LogP contribution < -0.4 is 0 Å². The number of carbonyl (C=O) groups excluding carboxylic acids is 2. The van der Waals surface area contributed by atoms with E-state index in [9.17, 15) is 9.59 Å². The van der Waals surface area contributed by atoms with Crippen LogP contribution >= 0.6 is 11.5 Å². The first-order chi connectivity index (χ1) is 15.8. The summed E-state index contributed by atoms with van der Waals surface area (Å²) in [5, 5.41) is 8.32. The van der Waals surface area contributed by atoms with Gasteiger partial charge in [0.1, 0.15) is 10.6 Å². The lowest BCUT2D eigenvalue weighted by Gasteiger charge is -2.40. The average molecular weight is 467 g/mol. The van der Waals surface area contributed by atoms with E-state index < -0.39 is 0 Å². The van der Waals surface area contributed by atoms with Gasteiger partial charge in [0.05, 0.1) is 11.4 Å². The van der Waals surface area contributed by atoms with E-state index >= 15 is 0 Å². The number of aryl methyl sites for hydroxylation is 3. The lowest BCUT2D eigenvalue weighted by molar-refractivity contribution is 0.0518. The fourth-order valence-electron chi connectivity index (χ4n) is 4.68. The summed E-state index contributed by atoms with van der Waals surface area (Å²) in [5.41, 5.74) is 3.31. The molecule has 1 aromatic carbocycles. The van der Waals surface area contributed by atoms with Crippen LogP contribution in [0.15, 0.2) is 36.4 Å². The van der Waals surface area contributed by atoms with Gasteiger partial charge in [-0.05, 0) is 62.2 Å². The van der Waals surface area contributed by atoms with Crippen LogP contribution in [-0.2, 0) is 13.5 Å². The van der Waals surface area contributed by atoms with Crippen molar-refractivity contribution in [2.75, 3.05) is 20.1 Å². The molecule has 33 heavy (non-hydrogen) atoms. The summed E-state index contributed by atoms with van der Waals surface area (Å²) in [5.74, 6) is 0.275. The molecule has 0 radical (unpaired) electrons. The van der Waals surface area contributed by atoms with E-state index in [-0.39, 0.29) is 17.9 Å². The van der Waals surface area contributed by atoms with Crippen molar-refractivity contribution < 1.29 is 9.59 Å². The highest BCUT2D eigenvalue weighted by atomic mass is 32.1. The zero-order valence-corrected chi connectivity index (χ0v) is 20.4.